The van der Waals surface area contributed by atoms with E-state index in [9.17, 15) is 9.90 Å². The van der Waals surface area contributed by atoms with Gasteiger partial charge in [-0.2, -0.15) is 10.2 Å². The van der Waals surface area contributed by atoms with Crippen molar-refractivity contribution in [2.24, 2.45) is 0 Å². The van der Waals surface area contributed by atoms with Gasteiger partial charge in [0.15, 0.2) is 0 Å². The fourth-order valence-corrected chi connectivity index (χ4v) is 2.06. The highest BCUT2D eigenvalue weighted by Gasteiger charge is 2.14. The van der Waals surface area contributed by atoms with E-state index in [-0.39, 0.29) is 12.4 Å². The first-order chi connectivity index (χ1) is 10.7. The summed E-state index contributed by atoms with van der Waals surface area (Å²) in [5, 5.41) is 18.5. The van der Waals surface area contributed by atoms with E-state index in [0.29, 0.717) is 5.69 Å². The average molecular weight is 314 g/mol. The third-order valence-electron chi connectivity index (χ3n) is 3.07. The number of carbonyl (C=O) groups excluding carboxylic acids is 1. The summed E-state index contributed by atoms with van der Waals surface area (Å²) in [6.07, 6.45) is 3.21. The average Bonchev–Trinajstić information content (AvgIpc) is 2.44. The number of hydrogen-bond donors (Lipinski definition) is 1. The number of nitrogens with zero attached hydrogens (tertiary/aromatic N) is 2. The summed E-state index contributed by atoms with van der Waals surface area (Å²) in [5.74, 6) is -0.253. The number of aliphatic hydroxyl groups excluding tert-OH is 1. The predicted molar refractivity (Wildman–Crippen MR) is 89.7 cm³/mol. The zero-order valence-electron chi connectivity index (χ0n) is 13.9. The van der Waals surface area contributed by atoms with E-state index in [4.69, 9.17) is 4.74 Å². The molecule has 1 atom stereocenters. The van der Waals surface area contributed by atoms with Gasteiger partial charge in [-0.3, -0.25) is 4.79 Å². The molecule has 0 aliphatic rings. The molecule has 0 spiro atoms. The van der Waals surface area contributed by atoms with Gasteiger partial charge in [0.2, 0.25) is 0 Å². The van der Waals surface area contributed by atoms with Crippen LogP contribution in [0.2, 0.25) is 0 Å². The molecule has 1 aromatic carbocycles. The molecule has 23 heavy (non-hydrogen) atoms. The van der Waals surface area contributed by atoms with Crippen LogP contribution in [0.4, 0.5) is 0 Å². The van der Waals surface area contributed by atoms with Crippen LogP contribution >= 0.6 is 0 Å². The first kappa shape index (κ1) is 17.1. The number of hydrogen-bond acceptors (Lipinski definition) is 5. The molecule has 1 unspecified atom stereocenters. The Labute approximate surface area is 136 Å². The molecule has 0 bridgehead atoms. The van der Waals surface area contributed by atoms with Crippen molar-refractivity contribution in [2.45, 2.75) is 45.8 Å². The van der Waals surface area contributed by atoms with E-state index < -0.39 is 11.7 Å². The molecule has 2 aromatic rings. The van der Waals surface area contributed by atoms with E-state index in [1.807, 2.05) is 51.1 Å². The molecule has 0 saturated carbocycles. The molecule has 0 amide bonds. The minimum absolute atomic E-state index is 0.225. The van der Waals surface area contributed by atoms with E-state index in [2.05, 4.69) is 10.2 Å². The van der Waals surface area contributed by atoms with Crippen molar-refractivity contribution in [3.63, 3.8) is 0 Å². The van der Waals surface area contributed by atoms with E-state index in [0.717, 1.165) is 16.5 Å². The highest BCUT2D eigenvalue weighted by atomic mass is 16.6. The van der Waals surface area contributed by atoms with Crippen LogP contribution < -0.4 is 0 Å². The topological polar surface area (TPSA) is 72.3 Å². The van der Waals surface area contributed by atoms with Crippen molar-refractivity contribution >= 4 is 22.9 Å². The lowest BCUT2D eigenvalue weighted by molar-refractivity contribution is -0.153. The number of carbonyl (C=O) groups is 1. The Kier molecular flexibility index (Phi) is 5.11. The van der Waals surface area contributed by atoms with Crippen LogP contribution in [0.25, 0.3) is 17.0 Å². The van der Waals surface area contributed by atoms with Crippen molar-refractivity contribution in [3.8, 4) is 0 Å². The summed E-state index contributed by atoms with van der Waals surface area (Å²) in [6, 6.07) is 7.53. The lowest BCUT2D eigenvalue weighted by Gasteiger charge is -2.18. The van der Waals surface area contributed by atoms with Gasteiger partial charge in [0.1, 0.15) is 5.60 Å². The number of aromatic nitrogens is 2. The van der Waals surface area contributed by atoms with Gasteiger partial charge in [-0.1, -0.05) is 18.2 Å². The summed E-state index contributed by atoms with van der Waals surface area (Å²) in [5.41, 5.74) is 1.78. The fraction of sp³-hybridized carbons (Fsp3) is 0.389. The largest absolute Gasteiger partial charge is 0.460 e. The second-order valence-corrected chi connectivity index (χ2v) is 6.46. The predicted octanol–water partition coefficient (Wildman–Crippen LogP) is 3.43. The molecule has 5 heteroatoms. The van der Waals surface area contributed by atoms with E-state index in [1.165, 1.54) is 0 Å². The molecule has 0 radical (unpaired) electrons. The van der Waals surface area contributed by atoms with Crippen molar-refractivity contribution in [3.05, 3.63) is 41.6 Å². The minimum Gasteiger partial charge on any atom is -0.460 e. The van der Waals surface area contributed by atoms with Gasteiger partial charge < -0.3 is 9.84 Å². The number of fused-ring (bicyclic) bond motifs is 1. The summed E-state index contributed by atoms with van der Waals surface area (Å²) in [6.45, 7) is 7.19. The normalized spacial score (nSPS) is 13.4. The van der Waals surface area contributed by atoms with E-state index in [1.54, 1.807) is 13.0 Å². The number of esters is 1. The van der Waals surface area contributed by atoms with Crippen LogP contribution in [0, 0.1) is 0 Å². The zero-order chi connectivity index (χ0) is 17.0. The summed E-state index contributed by atoms with van der Waals surface area (Å²) < 4.78 is 5.25. The van der Waals surface area contributed by atoms with Gasteiger partial charge in [-0.15, -0.1) is 0 Å². The van der Waals surface area contributed by atoms with Crippen molar-refractivity contribution in [1.82, 2.24) is 10.2 Å². The van der Waals surface area contributed by atoms with Crippen LogP contribution in [0.5, 0.6) is 0 Å². The molecule has 5 nitrogen and oxygen atoms in total. The molecule has 0 aliphatic carbocycles. The molecule has 1 aromatic heterocycles. The highest BCUT2D eigenvalue weighted by molar-refractivity contribution is 5.81. The molecular formula is C18H22N2O3. The SMILES string of the molecule is CC(O)c1cc2cc(C=CCC(=O)OC(C)(C)C)ccc2nn1. The molecule has 1 heterocycles. The van der Waals surface area contributed by atoms with Crippen molar-refractivity contribution in [1.29, 1.82) is 0 Å². The van der Waals surface area contributed by atoms with Crippen LogP contribution in [-0.4, -0.2) is 26.9 Å². The summed E-state index contributed by atoms with van der Waals surface area (Å²) >= 11 is 0. The Morgan fingerprint density at radius 1 is 1.30 bits per heavy atom. The first-order valence-electron chi connectivity index (χ1n) is 7.58. The summed E-state index contributed by atoms with van der Waals surface area (Å²) in [4.78, 5) is 11.7. The van der Waals surface area contributed by atoms with Gasteiger partial charge in [-0.05, 0) is 51.5 Å². The Hall–Kier alpha value is -2.27. The standard InChI is InChI=1S/C18H22N2O3/c1-12(21)16-11-14-10-13(8-9-15(14)19-20-16)6-5-7-17(22)23-18(2,3)4/h5-6,8-12,21H,7H2,1-4H3. The van der Waals surface area contributed by atoms with Crippen molar-refractivity contribution < 1.29 is 14.6 Å². The lowest BCUT2D eigenvalue weighted by atomic mass is 10.1. The monoisotopic (exact) mass is 314 g/mol. The van der Waals surface area contributed by atoms with Gasteiger partial charge in [0.25, 0.3) is 0 Å². The van der Waals surface area contributed by atoms with Gasteiger partial charge in [0.05, 0.1) is 23.7 Å². The van der Waals surface area contributed by atoms with Crippen LogP contribution in [0.15, 0.2) is 30.3 Å². The smallest absolute Gasteiger partial charge is 0.310 e. The van der Waals surface area contributed by atoms with Gasteiger partial charge in [0, 0.05) is 5.39 Å². The Morgan fingerprint density at radius 3 is 2.70 bits per heavy atom. The van der Waals surface area contributed by atoms with Crippen molar-refractivity contribution in [2.75, 3.05) is 0 Å². The van der Waals surface area contributed by atoms with Gasteiger partial charge in [-0.25, -0.2) is 0 Å². The minimum atomic E-state index is -0.654. The Morgan fingerprint density at radius 2 is 2.04 bits per heavy atom. The Balaban J connectivity index is 2.11. The highest BCUT2D eigenvalue weighted by Crippen LogP contribution is 2.18. The second kappa shape index (κ2) is 6.87. The molecule has 122 valence electrons. The second-order valence-electron chi connectivity index (χ2n) is 6.46. The quantitative estimate of drug-likeness (QED) is 0.875. The zero-order valence-corrected chi connectivity index (χ0v) is 13.9. The lowest BCUT2D eigenvalue weighted by Crippen LogP contribution is -2.23. The van der Waals surface area contributed by atoms with Crippen LogP contribution in [0.3, 0.4) is 0 Å². The molecule has 0 saturated heterocycles. The molecule has 2 rings (SSSR count). The fourth-order valence-electron chi connectivity index (χ4n) is 2.06. The number of ether oxygens (including phenoxy) is 1. The number of aliphatic hydroxyl groups is 1. The Bertz CT molecular complexity index is 731. The van der Waals surface area contributed by atoms with E-state index >= 15 is 0 Å². The number of rotatable bonds is 4. The maximum Gasteiger partial charge on any atom is 0.310 e. The molecule has 0 aliphatic heterocycles. The van der Waals surface area contributed by atoms with Crippen LogP contribution in [-0.2, 0) is 9.53 Å². The molecule has 1 N–H and O–H groups in total. The maximum absolute atomic E-state index is 11.7. The van der Waals surface area contributed by atoms with Gasteiger partial charge >= 0.3 is 5.97 Å². The molecule has 0 fully saturated rings. The number of benzene rings is 1. The first-order valence-corrected chi connectivity index (χ1v) is 7.58. The third kappa shape index (κ3) is 5.14. The van der Waals surface area contributed by atoms with Crippen LogP contribution in [0.1, 0.15) is 51.5 Å². The summed E-state index contributed by atoms with van der Waals surface area (Å²) in [7, 11) is 0. The third-order valence-corrected chi connectivity index (χ3v) is 3.07. The maximum atomic E-state index is 11.7. The molecular weight excluding hydrogens is 292 g/mol.